The maximum atomic E-state index is 13.0. The molecule has 0 bridgehead atoms. The van der Waals surface area contributed by atoms with Crippen LogP contribution in [0.4, 0.5) is 18.9 Å². The summed E-state index contributed by atoms with van der Waals surface area (Å²) in [7, 11) is -1.38. The van der Waals surface area contributed by atoms with Gasteiger partial charge in [0.05, 0.1) is 17.7 Å². The number of carbonyl (C=O) groups excluding carboxylic acids is 1. The highest BCUT2D eigenvalue weighted by Crippen LogP contribution is 2.31. The number of methoxy groups -OCH3 is 1. The summed E-state index contributed by atoms with van der Waals surface area (Å²) in [6, 6.07) is 10.2. The molecule has 0 atom stereocenters. The highest BCUT2D eigenvalue weighted by molar-refractivity contribution is 7.92. The molecule has 0 aromatic heterocycles. The van der Waals surface area contributed by atoms with Crippen LogP contribution >= 0.6 is 0 Å². The summed E-state index contributed by atoms with van der Waals surface area (Å²) in [6.45, 7) is -0.00773. The van der Waals surface area contributed by atoms with E-state index in [2.05, 4.69) is 0 Å². The lowest BCUT2D eigenvalue weighted by atomic mass is 10.1. The molecule has 28 heavy (non-hydrogen) atoms. The number of alkyl halides is 3. The zero-order valence-electron chi connectivity index (χ0n) is 15.4. The molecule has 0 saturated heterocycles. The fourth-order valence-corrected chi connectivity index (χ4v) is 3.69. The third-order valence-corrected chi connectivity index (χ3v) is 5.75. The summed E-state index contributed by atoms with van der Waals surface area (Å²) < 4.78 is 69.1. The maximum Gasteiger partial charge on any atom is 0.405 e. The Kier molecular flexibility index (Phi) is 6.23. The average molecular weight is 416 g/mol. The highest BCUT2D eigenvalue weighted by Gasteiger charge is 2.29. The summed E-state index contributed by atoms with van der Waals surface area (Å²) in [5.41, 5.74) is 0.464. The van der Waals surface area contributed by atoms with Crippen LogP contribution in [0.1, 0.15) is 15.9 Å². The first-order valence-electron chi connectivity index (χ1n) is 8.05. The van der Waals surface area contributed by atoms with Gasteiger partial charge in [0.1, 0.15) is 12.3 Å². The van der Waals surface area contributed by atoms with Crippen LogP contribution in [0.5, 0.6) is 5.75 Å². The molecule has 1 N–H and O–H groups in total. The Morgan fingerprint density at radius 3 is 2.43 bits per heavy atom. The Labute approximate surface area is 161 Å². The standard InChI is InChI=1S/C18H19F3N2O4S/c1-12-8-9-13(10-14(12)17(24)22-11-18(19,20)21)28(25,26)23(2)15-6-4-5-7-16(15)27-3/h4-10H,11H2,1-3H3,(H,22,24). The number of ether oxygens (including phenoxy) is 1. The van der Waals surface area contributed by atoms with Gasteiger partial charge in [-0.3, -0.25) is 9.10 Å². The first-order valence-corrected chi connectivity index (χ1v) is 9.49. The van der Waals surface area contributed by atoms with E-state index in [1.807, 2.05) is 0 Å². The van der Waals surface area contributed by atoms with Gasteiger partial charge in [-0.05, 0) is 36.8 Å². The van der Waals surface area contributed by atoms with Crippen LogP contribution < -0.4 is 14.4 Å². The second-order valence-electron chi connectivity index (χ2n) is 5.92. The van der Waals surface area contributed by atoms with E-state index in [9.17, 15) is 26.4 Å². The SMILES string of the molecule is COc1ccccc1N(C)S(=O)(=O)c1ccc(C)c(C(=O)NCC(F)(F)F)c1. The van der Waals surface area contributed by atoms with E-state index >= 15 is 0 Å². The van der Waals surface area contributed by atoms with Gasteiger partial charge in [-0.15, -0.1) is 0 Å². The van der Waals surface area contributed by atoms with Crippen molar-refractivity contribution in [2.24, 2.45) is 0 Å². The first kappa shape index (κ1) is 21.5. The van der Waals surface area contributed by atoms with Gasteiger partial charge in [0, 0.05) is 12.6 Å². The Morgan fingerprint density at radius 1 is 1.18 bits per heavy atom. The molecular formula is C18H19F3N2O4S. The summed E-state index contributed by atoms with van der Waals surface area (Å²) in [6.07, 6.45) is -4.57. The highest BCUT2D eigenvalue weighted by atomic mass is 32.2. The lowest BCUT2D eigenvalue weighted by molar-refractivity contribution is -0.123. The van der Waals surface area contributed by atoms with Gasteiger partial charge >= 0.3 is 6.18 Å². The van der Waals surface area contributed by atoms with E-state index in [4.69, 9.17) is 4.74 Å². The normalized spacial score (nSPS) is 11.8. The van der Waals surface area contributed by atoms with Crippen LogP contribution in [-0.4, -0.2) is 41.2 Å². The molecule has 2 aromatic carbocycles. The molecule has 0 heterocycles. The predicted molar refractivity (Wildman–Crippen MR) is 98.2 cm³/mol. The predicted octanol–water partition coefficient (Wildman–Crippen LogP) is 3.12. The monoisotopic (exact) mass is 416 g/mol. The molecule has 6 nitrogen and oxygen atoms in total. The number of halogens is 3. The van der Waals surface area contributed by atoms with Crippen LogP contribution in [0.15, 0.2) is 47.4 Å². The fraction of sp³-hybridized carbons (Fsp3) is 0.278. The van der Waals surface area contributed by atoms with E-state index in [0.717, 1.165) is 10.4 Å². The van der Waals surface area contributed by atoms with Gasteiger partial charge in [0.15, 0.2) is 0 Å². The molecule has 0 aliphatic rings. The third kappa shape index (κ3) is 4.75. The zero-order valence-corrected chi connectivity index (χ0v) is 16.2. The van der Waals surface area contributed by atoms with Gasteiger partial charge in [0.2, 0.25) is 0 Å². The van der Waals surface area contributed by atoms with E-state index in [-0.39, 0.29) is 16.1 Å². The molecule has 0 saturated carbocycles. The summed E-state index contributed by atoms with van der Waals surface area (Å²) >= 11 is 0. The Balaban J connectivity index is 2.40. The van der Waals surface area contributed by atoms with E-state index in [1.54, 1.807) is 29.6 Å². The summed E-state index contributed by atoms with van der Waals surface area (Å²) in [4.78, 5) is 11.9. The Hall–Kier alpha value is -2.75. The first-order chi connectivity index (χ1) is 13.0. The number of aryl methyl sites for hydroxylation is 1. The van der Waals surface area contributed by atoms with Crippen molar-refractivity contribution >= 4 is 21.6 Å². The quantitative estimate of drug-likeness (QED) is 0.785. The van der Waals surface area contributed by atoms with Gasteiger partial charge < -0.3 is 10.1 Å². The molecule has 152 valence electrons. The molecule has 0 spiro atoms. The van der Waals surface area contributed by atoms with E-state index < -0.39 is 28.7 Å². The average Bonchev–Trinajstić information content (AvgIpc) is 2.65. The van der Waals surface area contributed by atoms with Crippen LogP contribution in [0.3, 0.4) is 0 Å². The van der Waals surface area contributed by atoms with Gasteiger partial charge in [0.25, 0.3) is 15.9 Å². The largest absolute Gasteiger partial charge is 0.495 e. The Bertz CT molecular complexity index is 975. The number of sulfonamides is 1. The second-order valence-corrected chi connectivity index (χ2v) is 7.89. The van der Waals surface area contributed by atoms with Crippen LogP contribution in [0.25, 0.3) is 0 Å². The molecule has 0 unspecified atom stereocenters. The molecule has 0 aliphatic carbocycles. The number of rotatable bonds is 6. The molecule has 0 aliphatic heterocycles. The second kappa shape index (κ2) is 8.09. The van der Waals surface area contributed by atoms with Gasteiger partial charge in [-0.2, -0.15) is 13.2 Å². The number of anilines is 1. The molecule has 10 heteroatoms. The minimum atomic E-state index is -4.57. The fourth-order valence-electron chi connectivity index (χ4n) is 2.46. The minimum Gasteiger partial charge on any atom is -0.495 e. The number of hydrogen-bond acceptors (Lipinski definition) is 4. The lowest BCUT2D eigenvalue weighted by Gasteiger charge is -2.22. The number of nitrogens with zero attached hydrogens (tertiary/aromatic N) is 1. The van der Waals surface area contributed by atoms with E-state index in [1.165, 1.54) is 33.2 Å². The van der Waals surface area contributed by atoms with Crippen LogP contribution in [0, 0.1) is 6.92 Å². The Morgan fingerprint density at radius 2 is 1.82 bits per heavy atom. The topological polar surface area (TPSA) is 75.7 Å². The molecular weight excluding hydrogens is 397 g/mol. The van der Waals surface area contributed by atoms with Crippen molar-refractivity contribution in [1.29, 1.82) is 0 Å². The van der Waals surface area contributed by atoms with Crippen molar-refractivity contribution in [2.75, 3.05) is 25.0 Å². The third-order valence-electron chi connectivity index (χ3n) is 3.99. The smallest absolute Gasteiger partial charge is 0.405 e. The number of para-hydroxylation sites is 2. The number of nitrogens with one attached hydrogen (secondary N) is 1. The van der Waals surface area contributed by atoms with Crippen molar-refractivity contribution in [3.63, 3.8) is 0 Å². The van der Waals surface area contributed by atoms with Crippen molar-refractivity contribution < 1.29 is 31.1 Å². The van der Waals surface area contributed by atoms with Crippen molar-refractivity contribution in [1.82, 2.24) is 5.32 Å². The number of amides is 1. The summed E-state index contributed by atoms with van der Waals surface area (Å²) in [5, 5.41) is 1.75. The molecule has 2 rings (SSSR count). The zero-order chi connectivity index (χ0) is 21.1. The van der Waals surface area contributed by atoms with Crippen molar-refractivity contribution in [2.45, 2.75) is 18.0 Å². The molecule has 2 aromatic rings. The minimum absolute atomic E-state index is 0.154. The maximum absolute atomic E-state index is 13.0. The molecule has 1 amide bonds. The van der Waals surface area contributed by atoms with E-state index in [0.29, 0.717) is 11.3 Å². The lowest BCUT2D eigenvalue weighted by Crippen LogP contribution is -2.34. The molecule has 0 fully saturated rings. The molecule has 0 radical (unpaired) electrons. The van der Waals surface area contributed by atoms with Crippen molar-refractivity contribution in [3.05, 3.63) is 53.6 Å². The van der Waals surface area contributed by atoms with Crippen molar-refractivity contribution in [3.8, 4) is 5.75 Å². The van der Waals surface area contributed by atoms with Gasteiger partial charge in [-0.1, -0.05) is 18.2 Å². The van der Waals surface area contributed by atoms with Crippen LogP contribution in [0.2, 0.25) is 0 Å². The van der Waals surface area contributed by atoms with Crippen LogP contribution in [-0.2, 0) is 10.0 Å². The number of carbonyl (C=O) groups is 1. The number of hydrogen-bond donors (Lipinski definition) is 1. The van der Waals surface area contributed by atoms with Gasteiger partial charge in [-0.25, -0.2) is 8.42 Å². The number of benzene rings is 2. The summed E-state index contributed by atoms with van der Waals surface area (Å²) in [5.74, 6) is -0.685.